The van der Waals surface area contributed by atoms with Crippen LogP contribution in [0.2, 0.25) is 0 Å². The summed E-state index contributed by atoms with van der Waals surface area (Å²) in [4.78, 5) is 29.9. The van der Waals surface area contributed by atoms with E-state index in [-0.39, 0.29) is 12.8 Å². The van der Waals surface area contributed by atoms with Crippen molar-refractivity contribution in [1.82, 2.24) is 5.32 Å². The SMILES string of the molecule is CNC1CCC(=O)OOS(=O)(=O)OOC1=O. The first-order chi connectivity index (χ1) is 7.44. The summed E-state index contributed by atoms with van der Waals surface area (Å²) in [5, 5.41) is 2.52. The summed E-state index contributed by atoms with van der Waals surface area (Å²) in [6.07, 6.45) is -0.156. The maximum Gasteiger partial charge on any atom is 0.471 e. The summed E-state index contributed by atoms with van der Waals surface area (Å²) < 4.78 is 28.8. The minimum atomic E-state index is -4.69. The van der Waals surface area contributed by atoms with E-state index >= 15 is 0 Å². The van der Waals surface area contributed by atoms with Crippen molar-refractivity contribution in [3.63, 3.8) is 0 Å². The van der Waals surface area contributed by atoms with Crippen LogP contribution in [-0.4, -0.2) is 33.4 Å². The number of hydrogen-bond donors (Lipinski definition) is 1. The summed E-state index contributed by atoms with van der Waals surface area (Å²) in [5.41, 5.74) is 0. The van der Waals surface area contributed by atoms with Gasteiger partial charge in [0.1, 0.15) is 6.04 Å². The molecule has 1 aliphatic heterocycles. The predicted octanol–water partition coefficient (Wildman–Crippen LogP) is -1.44. The molecule has 0 aliphatic carbocycles. The second-order valence-electron chi connectivity index (χ2n) is 2.78. The van der Waals surface area contributed by atoms with Crippen molar-refractivity contribution >= 4 is 22.3 Å². The molecule has 1 heterocycles. The first kappa shape index (κ1) is 12.8. The fourth-order valence-electron chi connectivity index (χ4n) is 0.908. The Hall–Kier alpha value is -1.23. The smallest absolute Gasteiger partial charge is 0.307 e. The minimum absolute atomic E-state index is 0.0565. The lowest BCUT2D eigenvalue weighted by atomic mass is 10.1. The van der Waals surface area contributed by atoms with Crippen molar-refractivity contribution < 1.29 is 36.4 Å². The molecule has 0 aromatic heterocycles. The molecule has 92 valence electrons. The molecule has 0 radical (unpaired) electrons. The Morgan fingerprint density at radius 2 is 1.88 bits per heavy atom. The van der Waals surface area contributed by atoms with Crippen molar-refractivity contribution in [2.75, 3.05) is 7.05 Å². The molecule has 1 saturated heterocycles. The van der Waals surface area contributed by atoms with E-state index in [1.54, 1.807) is 0 Å². The van der Waals surface area contributed by atoms with Gasteiger partial charge in [0.25, 0.3) is 0 Å². The average Bonchev–Trinajstić information content (AvgIpc) is 2.24. The number of nitrogens with one attached hydrogen (secondary N) is 1. The molecule has 10 heteroatoms. The third kappa shape index (κ3) is 3.73. The highest BCUT2D eigenvalue weighted by atomic mass is 32.3. The molecule has 9 nitrogen and oxygen atoms in total. The summed E-state index contributed by atoms with van der Waals surface area (Å²) >= 11 is 0. The van der Waals surface area contributed by atoms with Gasteiger partial charge in [0.15, 0.2) is 0 Å². The van der Waals surface area contributed by atoms with Crippen LogP contribution in [0.3, 0.4) is 0 Å². The highest BCUT2D eigenvalue weighted by Gasteiger charge is 2.28. The lowest BCUT2D eigenvalue weighted by Crippen LogP contribution is -2.37. The second kappa shape index (κ2) is 5.21. The summed E-state index contributed by atoms with van der Waals surface area (Å²) in [7, 11) is -3.25. The van der Waals surface area contributed by atoms with Gasteiger partial charge in [0.2, 0.25) is 0 Å². The molecule has 0 aromatic rings. The fourth-order valence-corrected chi connectivity index (χ4v) is 1.24. The van der Waals surface area contributed by atoms with E-state index in [1.807, 2.05) is 0 Å². The van der Waals surface area contributed by atoms with E-state index in [1.165, 1.54) is 7.05 Å². The summed E-state index contributed by atoms with van der Waals surface area (Å²) in [5.74, 6) is -1.92. The Morgan fingerprint density at radius 3 is 2.50 bits per heavy atom. The quantitative estimate of drug-likeness (QED) is 0.562. The van der Waals surface area contributed by atoms with E-state index in [4.69, 9.17) is 0 Å². The molecule has 1 aliphatic rings. The molecule has 1 rings (SSSR count). The van der Waals surface area contributed by atoms with Crippen LogP contribution in [-0.2, 0) is 38.4 Å². The van der Waals surface area contributed by atoms with Gasteiger partial charge in [0, 0.05) is 0 Å². The van der Waals surface area contributed by atoms with Gasteiger partial charge in [-0.25, -0.2) is 9.59 Å². The monoisotopic (exact) mass is 255 g/mol. The topological polar surface area (TPSA) is 117 Å². The van der Waals surface area contributed by atoms with Gasteiger partial charge < -0.3 is 5.32 Å². The number of carbonyl (C=O) groups is 2. The Morgan fingerprint density at radius 1 is 1.25 bits per heavy atom. The van der Waals surface area contributed by atoms with Gasteiger partial charge >= 0.3 is 22.3 Å². The van der Waals surface area contributed by atoms with Gasteiger partial charge in [0.05, 0.1) is 6.42 Å². The zero-order chi connectivity index (χ0) is 12.2. The molecule has 1 N–H and O–H groups in total. The number of carbonyl (C=O) groups excluding carboxylic acids is 2. The Balaban J connectivity index is 2.76. The van der Waals surface area contributed by atoms with Gasteiger partial charge in [-0.05, 0) is 22.1 Å². The summed E-state index contributed by atoms with van der Waals surface area (Å²) in [6, 6.07) is -0.874. The first-order valence-corrected chi connectivity index (χ1v) is 5.49. The number of hydrogen-bond acceptors (Lipinski definition) is 9. The molecule has 1 unspecified atom stereocenters. The predicted molar refractivity (Wildman–Crippen MR) is 45.4 cm³/mol. The number of likely N-dealkylation sites (N-methyl/N-ethyl adjacent to an activating group) is 1. The third-order valence-corrected chi connectivity index (χ3v) is 2.15. The molecular weight excluding hydrogens is 246 g/mol. The lowest BCUT2D eigenvalue weighted by molar-refractivity contribution is -0.249. The molecule has 0 aromatic carbocycles. The maximum absolute atomic E-state index is 11.2. The minimum Gasteiger partial charge on any atom is -0.307 e. The van der Waals surface area contributed by atoms with E-state index in [0.29, 0.717) is 0 Å². The lowest BCUT2D eigenvalue weighted by Gasteiger charge is -2.14. The van der Waals surface area contributed by atoms with E-state index in [9.17, 15) is 18.0 Å². The highest BCUT2D eigenvalue weighted by Crippen LogP contribution is 2.08. The van der Waals surface area contributed by atoms with E-state index in [0.717, 1.165) is 0 Å². The van der Waals surface area contributed by atoms with E-state index in [2.05, 4.69) is 23.8 Å². The van der Waals surface area contributed by atoms with Crippen molar-refractivity contribution in [3.05, 3.63) is 0 Å². The molecule has 0 amide bonds. The first-order valence-electron chi connectivity index (χ1n) is 4.16. The second-order valence-corrected chi connectivity index (χ2v) is 3.87. The van der Waals surface area contributed by atoms with Crippen molar-refractivity contribution in [3.8, 4) is 0 Å². The summed E-state index contributed by atoms with van der Waals surface area (Å²) in [6.45, 7) is 0. The highest BCUT2D eigenvalue weighted by molar-refractivity contribution is 7.81. The third-order valence-electron chi connectivity index (χ3n) is 1.68. The van der Waals surface area contributed by atoms with Gasteiger partial charge in [-0.3, -0.25) is 9.78 Å². The zero-order valence-corrected chi connectivity index (χ0v) is 8.98. The Bertz CT molecular complexity index is 376. The zero-order valence-electron chi connectivity index (χ0n) is 8.17. The van der Waals surface area contributed by atoms with Crippen molar-refractivity contribution in [2.45, 2.75) is 18.9 Å². The van der Waals surface area contributed by atoms with Crippen LogP contribution in [0.25, 0.3) is 0 Å². The van der Waals surface area contributed by atoms with Crippen molar-refractivity contribution in [2.24, 2.45) is 0 Å². The molecule has 0 saturated carbocycles. The number of rotatable bonds is 1. The molecule has 0 bridgehead atoms. The fraction of sp³-hybridized carbons (Fsp3) is 0.667. The van der Waals surface area contributed by atoms with Gasteiger partial charge in [-0.2, -0.15) is 8.42 Å². The van der Waals surface area contributed by atoms with Crippen LogP contribution in [0, 0.1) is 0 Å². The van der Waals surface area contributed by atoms with Crippen LogP contribution in [0.4, 0.5) is 0 Å². The van der Waals surface area contributed by atoms with Crippen LogP contribution in [0.1, 0.15) is 12.8 Å². The normalized spacial score (nSPS) is 26.7. The maximum atomic E-state index is 11.2. The Kier molecular flexibility index (Phi) is 4.18. The molecule has 1 fully saturated rings. The molecule has 0 spiro atoms. The van der Waals surface area contributed by atoms with E-state index < -0.39 is 28.4 Å². The molecule has 1 atom stereocenters. The molecule has 16 heavy (non-hydrogen) atoms. The van der Waals surface area contributed by atoms with Crippen LogP contribution >= 0.6 is 0 Å². The van der Waals surface area contributed by atoms with Gasteiger partial charge in [-0.15, -0.1) is 0 Å². The molecular formula is C6H9NO8S. The van der Waals surface area contributed by atoms with Crippen molar-refractivity contribution in [1.29, 1.82) is 0 Å². The van der Waals surface area contributed by atoms with Gasteiger partial charge in [-0.1, -0.05) is 0 Å². The van der Waals surface area contributed by atoms with Crippen LogP contribution < -0.4 is 5.32 Å². The standard InChI is InChI=1S/C6H9NO8S/c1-7-4-2-3-5(8)12-14-16(10,11)15-13-6(4)9/h4,7H,2-3H2,1H3. The average molecular weight is 255 g/mol. The largest absolute Gasteiger partial charge is 0.471 e. The Labute approximate surface area is 90.8 Å². The van der Waals surface area contributed by atoms with Crippen LogP contribution in [0.5, 0.6) is 0 Å². The van der Waals surface area contributed by atoms with Crippen LogP contribution in [0.15, 0.2) is 0 Å².